The highest BCUT2D eigenvalue weighted by atomic mass is 16.3. The zero-order valence-corrected chi connectivity index (χ0v) is 16.4. The number of benzene rings is 1. The van der Waals surface area contributed by atoms with Gasteiger partial charge in [-0.3, -0.25) is 19.0 Å². The van der Waals surface area contributed by atoms with Crippen LogP contribution in [0.3, 0.4) is 0 Å². The molecule has 3 heterocycles. The SMILES string of the molecule is CC(=O)N1C[C@H]2C[C@@H](C1)[C@H](C(=O)NCc1ccc(CO)cc1)n1c2cccc1=O. The van der Waals surface area contributed by atoms with Crippen molar-refractivity contribution in [3.8, 4) is 0 Å². The summed E-state index contributed by atoms with van der Waals surface area (Å²) in [7, 11) is 0. The molecular formula is C22H25N3O4. The minimum atomic E-state index is -0.631. The van der Waals surface area contributed by atoms with Crippen molar-refractivity contribution in [2.75, 3.05) is 13.1 Å². The number of likely N-dealkylation sites (tertiary alicyclic amines) is 1. The van der Waals surface area contributed by atoms with Gasteiger partial charge in [0, 0.05) is 50.2 Å². The Hall–Kier alpha value is -2.93. The molecule has 152 valence electrons. The summed E-state index contributed by atoms with van der Waals surface area (Å²) in [5.41, 5.74) is 2.37. The number of rotatable bonds is 4. The fourth-order valence-corrected chi connectivity index (χ4v) is 4.58. The number of fused-ring (bicyclic) bond motifs is 4. The van der Waals surface area contributed by atoms with E-state index in [1.165, 1.54) is 6.07 Å². The predicted molar refractivity (Wildman–Crippen MR) is 107 cm³/mol. The van der Waals surface area contributed by atoms with Crippen molar-refractivity contribution in [2.45, 2.75) is 38.5 Å². The molecule has 7 nitrogen and oxygen atoms in total. The molecular weight excluding hydrogens is 370 g/mol. The first kappa shape index (κ1) is 19.4. The number of hydrogen-bond donors (Lipinski definition) is 2. The number of amides is 2. The third kappa shape index (κ3) is 3.70. The van der Waals surface area contributed by atoms with E-state index < -0.39 is 6.04 Å². The molecule has 4 rings (SSSR count). The first-order valence-corrected chi connectivity index (χ1v) is 9.91. The van der Waals surface area contributed by atoms with E-state index in [4.69, 9.17) is 5.11 Å². The van der Waals surface area contributed by atoms with Crippen LogP contribution in [0.15, 0.2) is 47.3 Å². The van der Waals surface area contributed by atoms with Gasteiger partial charge in [-0.2, -0.15) is 0 Å². The van der Waals surface area contributed by atoms with Gasteiger partial charge >= 0.3 is 0 Å². The van der Waals surface area contributed by atoms with Gasteiger partial charge in [0.25, 0.3) is 5.56 Å². The maximum absolute atomic E-state index is 13.2. The number of hydrogen-bond acceptors (Lipinski definition) is 4. The van der Waals surface area contributed by atoms with Crippen molar-refractivity contribution in [1.29, 1.82) is 0 Å². The molecule has 2 N–H and O–H groups in total. The van der Waals surface area contributed by atoms with Crippen LogP contribution in [0, 0.1) is 5.92 Å². The summed E-state index contributed by atoms with van der Waals surface area (Å²) < 4.78 is 1.63. The first-order valence-electron chi connectivity index (χ1n) is 9.91. The minimum Gasteiger partial charge on any atom is -0.392 e. The summed E-state index contributed by atoms with van der Waals surface area (Å²) >= 11 is 0. The number of pyridine rings is 1. The number of carbonyl (C=O) groups is 2. The van der Waals surface area contributed by atoms with Crippen molar-refractivity contribution < 1.29 is 14.7 Å². The molecule has 0 spiro atoms. The molecule has 29 heavy (non-hydrogen) atoms. The average molecular weight is 395 g/mol. The summed E-state index contributed by atoms with van der Waals surface area (Å²) in [6.45, 7) is 2.93. The number of aromatic nitrogens is 1. The smallest absolute Gasteiger partial charge is 0.251 e. The second-order valence-corrected chi connectivity index (χ2v) is 7.91. The van der Waals surface area contributed by atoms with Crippen molar-refractivity contribution in [1.82, 2.24) is 14.8 Å². The van der Waals surface area contributed by atoms with Crippen molar-refractivity contribution in [3.05, 3.63) is 69.6 Å². The molecule has 7 heteroatoms. The lowest BCUT2D eigenvalue weighted by Crippen LogP contribution is -2.54. The monoisotopic (exact) mass is 395 g/mol. The highest BCUT2D eigenvalue weighted by molar-refractivity contribution is 5.81. The summed E-state index contributed by atoms with van der Waals surface area (Å²) in [5.74, 6) is -0.238. The van der Waals surface area contributed by atoms with Crippen LogP contribution in [-0.4, -0.2) is 39.5 Å². The molecule has 3 atom stereocenters. The van der Waals surface area contributed by atoms with Gasteiger partial charge in [-0.1, -0.05) is 30.3 Å². The fraction of sp³-hybridized carbons (Fsp3) is 0.409. The molecule has 0 unspecified atom stereocenters. The topological polar surface area (TPSA) is 91.6 Å². The molecule has 2 amide bonds. The van der Waals surface area contributed by atoms with Crippen molar-refractivity contribution in [2.24, 2.45) is 5.92 Å². The van der Waals surface area contributed by atoms with E-state index in [1.54, 1.807) is 22.5 Å². The molecule has 1 fully saturated rings. The predicted octanol–water partition coefficient (Wildman–Crippen LogP) is 1.16. The Bertz CT molecular complexity index is 982. The second kappa shape index (κ2) is 7.83. The van der Waals surface area contributed by atoms with Crippen molar-refractivity contribution >= 4 is 11.8 Å². The van der Waals surface area contributed by atoms with E-state index in [0.717, 1.165) is 23.2 Å². The maximum atomic E-state index is 13.2. The lowest BCUT2D eigenvalue weighted by molar-refractivity contribution is -0.135. The van der Waals surface area contributed by atoms with Gasteiger partial charge in [0.05, 0.1) is 6.61 Å². The third-order valence-corrected chi connectivity index (χ3v) is 6.03. The Morgan fingerprint density at radius 3 is 2.52 bits per heavy atom. The van der Waals surface area contributed by atoms with Gasteiger partial charge in [-0.05, 0) is 23.6 Å². The number of aliphatic hydroxyl groups is 1. The van der Waals surface area contributed by atoms with Crippen LogP contribution >= 0.6 is 0 Å². The lowest BCUT2D eigenvalue weighted by atomic mass is 9.78. The molecule has 1 aromatic carbocycles. The van der Waals surface area contributed by atoms with E-state index in [1.807, 2.05) is 30.3 Å². The van der Waals surface area contributed by atoms with Crippen LogP contribution in [0.1, 0.15) is 42.1 Å². The van der Waals surface area contributed by atoms with Crippen molar-refractivity contribution in [3.63, 3.8) is 0 Å². The van der Waals surface area contributed by atoms with Crippen LogP contribution in [0.2, 0.25) is 0 Å². The molecule has 1 aromatic heterocycles. The Morgan fingerprint density at radius 2 is 1.83 bits per heavy atom. The fourth-order valence-electron chi connectivity index (χ4n) is 4.58. The zero-order valence-electron chi connectivity index (χ0n) is 16.4. The number of aliphatic hydroxyl groups excluding tert-OH is 1. The van der Waals surface area contributed by atoms with Crippen LogP contribution < -0.4 is 10.9 Å². The number of nitrogens with one attached hydrogen (secondary N) is 1. The molecule has 2 aromatic rings. The molecule has 0 aliphatic carbocycles. The first-order chi connectivity index (χ1) is 14.0. The summed E-state index contributed by atoms with van der Waals surface area (Å²) in [5, 5.41) is 12.1. The molecule has 1 saturated heterocycles. The molecule has 0 radical (unpaired) electrons. The molecule has 2 aliphatic rings. The van der Waals surface area contributed by atoms with Crippen LogP contribution in [0.4, 0.5) is 0 Å². The van der Waals surface area contributed by atoms with Gasteiger partial charge < -0.3 is 15.3 Å². The summed E-state index contributed by atoms with van der Waals surface area (Å²) in [4.78, 5) is 39.6. The Balaban J connectivity index is 1.60. The molecule has 2 aliphatic heterocycles. The molecule has 0 saturated carbocycles. The van der Waals surface area contributed by atoms with E-state index >= 15 is 0 Å². The van der Waals surface area contributed by atoms with E-state index in [-0.39, 0.29) is 35.8 Å². The van der Waals surface area contributed by atoms with Gasteiger partial charge in [0.2, 0.25) is 11.8 Å². The van der Waals surface area contributed by atoms with E-state index in [9.17, 15) is 14.4 Å². The standard InChI is InChI=1S/C22H25N3O4/c1-14(27)24-11-17-9-18(12-24)21(25-19(17)3-2-4-20(25)28)22(29)23-10-15-5-7-16(13-26)8-6-15/h2-8,17-18,21,26H,9-13H2,1H3,(H,23,29)/t17-,18+,21-/m1/s1. The highest BCUT2D eigenvalue weighted by Gasteiger charge is 2.44. The van der Waals surface area contributed by atoms with E-state index in [0.29, 0.717) is 19.6 Å². The van der Waals surface area contributed by atoms with Gasteiger partial charge in [-0.25, -0.2) is 0 Å². The quantitative estimate of drug-likeness (QED) is 0.813. The summed E-state index contributed by atoms with van der Waals surface area (Å²) in [6.07, 6.45) is 0.788. The largest absolute Gasteiger partial charge is 0.392 e. The number of nitrogens with zero attached hydrogens (tertiary/aromatic N) is 2. The van der Waals surface area contributed by atoms with Gasteiger partial charge in [0.1, 0.15) is 6.04 Å². The lowest BCUT2D eigenvalue weighted by Gasteiger charge is -2.46. The minimum absolute atomic E-state index is 0.00504. The second-order valence-electron chi connectivity index (χ2n) is 7.91. The maximum Gasteiger partial charge on any atom is 0.251 e. The van der Waals surface area contributed by atoms with Crippen LogP contribution in [0.25, 0.3) is 0 Å². The van der Waals surface area contributed by atoms with Crippen LogP contribution in [0.5, 0.6) is 0 Å². The molecule has 2 bridgehead atoms. The Labute approximate surface area is 169 Å². The Kier molecular flexibility index (Phi) is 5.24. The van der Waals surface area contributed by atoms with Crippen LogP contribution in [-0.2, 0) is 22.7 Å². The zero-order chi connectivity index (χ0) is 20.5. The normalized spacial score (nSPS) is 22.7. The highest BCUT2D eigenvalue weighted by Crippen LogP contribution is 2.41. The average Bonchev–Trinajstić information content (AvgIpc) is 2.73. The van der Waals surface area contributed by atoms with Gasteiger partial charge in [0.15, 0.2) is 0 Å². The summed E-state index contributed by atoms with van der Waals surface area (Å²) in [6, 6.07) is 11.8. The number of piperidine rings is 1. The third-order valence-electron chi connectivity index (χ3n) is 6.03. The number of carbonyl (C=O) groups excluding carboxylic acids is 2. The Morgan fingerprint density at radius 1 is 1.10 bits per heavy atom. The van der Waals surface area contributed by atoms with Gasteiger partial charge in [-0.15, -0.1) is 0 Å². The van der Waals surface area contributed by atoms with E-state index in [2.05, 4.69) is 5.32 Å².